The number of nitro benzene ring substituents is 1. The zero-order valence-corrected chi connectivity index (χ0v) is 9.78. The molecule has 9 heteroatoms. The van der Waals surface area contributed by atoms with Crippen LogP contribution in [-0.4, -0.2) is 31.1 Å². The van der Waals surface area contributed by atoms with Crippen molar-refractivity contribution in [2.45, 2.75) is 0 Å². The number of rotatable bonds is 3. The van der Waals surface area contributed by atoms with E-state index in [4.69, 9.17) is 9.47 Å². The summed E-state index contributed by atoms with van der Waals surface area (Å²) < 4.78 is 14.4. The van der Waals surface area contributed by atoms with Gasteiger partial charge < -0.3 is 14.2 Å². The Labute approximate surface area is 106 Å². The van der Waals surface area contributed by atoms with Gasteiger partial charge in [-0.15, -0.1) is 0 Å². The Morgan fingerprint density at radius 2 is 2.21 bits per heavy atom. The number of amides is 1. The van der Waals surface area contributed by atoms with Gasteiger partial charge in [0.2, 0.25) is 6.79 Å². The number of nitro groups is 1. The van der Waals surface area contributed by atoms with E-state index < -0.39 is 11.0 Å². The summed E-state index contributed by atoms with van der Waals surface area (Å²) >= 11 is 0. The molecule has 0 bridgehead atoms. The van der Waals surface area contributed by atoms with Crippen LogP contribution < -0.4 is 14.9 Å². The number of fused-ring (bicyclic) bond motifs is 1. The lowest BCUT2D eigenvalue weighted by Gasteiger charge is -2.00. The van der Waals surface area contributed by atoms with Gasteiger partial charge in [0.15, 0.2) is 11.5 Å². The Hall–Kier alpha value is -2.84. The first-order valence-electron chi connectivity index (χ1n) is 5.07. The highest BCUT2D eigenvalue weighted by atomic mass is 16.7. The minimum absolute atomic E-state index is 0.00743. The zero-order chi connectivity index (χ0) is 13.8. The van der Waals surface area contributed by atoms with Gasteiger partial charge in [0, 0.05) is 0 Å². The fourth-order valence-electron chi connectivity index (χ4n) is 1.41. The summed E-state index contributed by atoms with van der Waals surface area (Å²) in [5.74, 6) is 0.676. The summed E-state index contributed by atoms with van der Waals surface area (Å²) in [6.45, 7) is 0.00743. The maximum Gasteiger partial charge on any atom is 0.427 e. The maximum atomic E-state index is 10.9. The Morgan fingerprint density at radius 1 is 1.53 bits per heavy atom. The van der Waals surface area contributed by atoms with E-state index in [1.165, 1.54) is 19.2 Å². The number of nitrogens with one attached hydrogen (secondary N) is 1. The van der Waals surface area contributed by atoms with Gasteiger partial charge >= 0.3 is 6.09 Å². The first kappa shape index (κ1) is 12.6. The molecule has 0 saturated carbocycles. The number of hydrazone groups is 1. The molecule has 1 heterocycles. The highest BCUT2D eigenvalue weighted by molar-refractivity contribution is 5.87. The van der Waals surface area contributed by atoms with Gasteiger partial charge in [0.1, 0.15) is 0 Å². The molecule has 1 aliphatic heterocycles. The third-order valence-electron chi connectivity index (χ3n) is 2.26. The van der Waals surface area contributed by atoms with E-state index in [1.54, 1.807) is 0 Å². The second kappa shape index (κ2) is 5.21. The number of nitrogens with zero attached hydrogens (tertiary/aromatic N) is 2. The molecule has 100 valence electrons. The molecular weight excluding hydrogens is 258 g/mol. The Bertz CT molecular complexity index is 556. The summed E-state index contributed by atoms with van der Waals surface area (Å²) in [7, 11) is 1.17. The number of carbonyl (C=O) groups excluding carboxylic acids is 1. The third-order valence-corrected chi connectivity index (χ3v) is 2.26. The summed E-state index contributed by atoms with van der Waals surface area (Å²) in [4.78, 5) is 21.1. The second-order valence-electron chi connectivity index (χ2n) is 3.38. The topological polar surface area (TPSA) is 112 Å². The Kier molecular flexibility index (Phi) is 3.46. The average Bonchev–Trinajstić information content (AvgIpc) is 2.84. The lowest BCUT2D eigenvalue weighted by molar-refractivity contribution is -0.385. The van der Waals surface area contributed by atoms with Crippen LogP contribution in [0.15, 0.2) is 17.2 Å². The normalized spacial score (nSPS) is 12.5. The van der Waals surface area contributed by atoms with Crippen LogP contribution in [-0.2, 0) is 4.74 Å². The van der Waals surface area contributed by atoms with Crippen LogP contribution in [0.25, 0.3) is 0 Å². The van der Waals surface area contributed by atoms with Gasteiger partial charge in [-0.05, 0) is 6.07 Å². The van der Waals surface area contributed by atoms with Crippen LogP contribution in [0.1, 0.15) is 5.56 Å². The van der Waals surface area contributed by atoms with Crippen molar-refractivity contribution in [1.82, 2.24) is 5.43 Å². The Morgan fingerprint density at radius 3 is 2.84 bits per heavy atom. The van der Waals surface area contributed by atoms with Crippen molar-refractivity contribution in [3.8, 4) is 11.5 Å². The minimum Gasteiger partial charge on any atom is -0.454 e. The molecule has 1 N–H and O–H groups in total. The molecule has 0 aromatic heterocycles. The molecule has 0 unspecified atom stereocenters. The lowest BCUT2D eigenvalue weighted by atomic mass is 10.1. The van der Waals surface area contributed by atoms with Crippen molar-refractivity contribution in [3.63, 3.8) is 0 Å². The summed E-state index contributed by atoms with van der Waals surface area (Å²) in [6, 6.07) is 2.64. The quantitative estimate of drug-likeness (QED) is 0.497. The molecule has 19 heavy (non-hydrogen) atoms. The standard InChI is InChI=1S/C10H9N3O6/c1-17-10(14)12-11-4-6-2-8-9(19-5-18-8)3-7(6)13(15)16/h2-4H,5H2,1H3,(H,12,14)/b11-4+. The molecule has 1 aliphatic rings. The minimum atomic E-state index is -0.778. The molecule has 0 spiro atoms. The molecular formula is C10H9N3O6. The van der Waals surface area contributed by atoms with Crippen molar-refractivity contribution < 1.29 is 23.9 Å². The molecule has 9 nitrogen and oxygen atoms in total. The van der Waals surface area contributed by atoms with E-state index >= 15 is 0 Å². The molecule has 1 aromatic rings. The predicted molar refractivity (Wildman–Crippen MR) is 62.4 cm³/mol. The highest BCUT2D eigenvalue weighted by Gasteiger charge is 2.22. The summed E-state index contributed by atoms with van der Waals surface area (Å²) in [5.41, 5.74) is 1.99. The number of benzene rings is 1. The highest BCUT2D eigenvalue weighted by Crippen LogP contribution is 2.37. The smallest absolute Gasteiger partial charge is 0.427 e. The predicted octanol–water partition coefficient (Wildman–Crippen LogP) is 1.01. The monoisotopic (exact) mass is 267 g/mol. The molecule has 0 atom stereocenters. The van der Waals surface area contributed by atoms with E-state index in [0.717, 1.165) is 6.21 Å². The van der Waals surface area contributed by atoms with E-state index in [2.05, 4.69) is 9.84 Å². The molecule has 0 radical (unpaired) electrons. The molecule has 1 amide bonds. The molecule has 0 saturated heterocycles. The van der Waals surface area contributed by atoms with Gasteiger partial charge in [-0.3, -0.25) is 10.1 Å². The molecule has 0 fully saturated rings. The lowest BCUT2D eigenvalue weighted by Crippen LogP contribution is -2.16. The molecule has 2 rings (SSSR count). The van der Waals surface area contributed by atoms with Crippen molar-refractivity contribution in [1.29, 1.82) is 0 Å². The summed E-state index contributed by atoms with van der Waals surface area (Å²) in [6.07, 6.45) is 0.344. The Balaban J connectivity index is 2.28. The first-order valence-corrected chi connectivity index (χ1v) is 5.07. The van der Waals surface area contributed by atoms with E-state index in [9.17, 15) is 14.9 Å². The van der Waals surface area contributed by atoms with E-state index in [1.807, 2.05) is 5.43 Å². The zero-order valence-electron chi connectivity index (χ0n) is 9.78. The average molecular weight is 267 g/mol. The second-order valence-corrected chi connectivity index (χ2v) is 3.38. The molecule has 1 aromatic carbocycles. The van der Waals surface area contributed by atoms with Gasteiger partial charge in [0.25, 0.3) is 5.69 Å². The van der Waals surface area contributed by atoms with E-state index in [-0.39, 0.29) is 18.0 Å². The fraction of sp³-hybridized carbons (Fsp3) is 0.200. The third kappa shape index (κ3) is 2.70. The van der Waals surface area contributed by atoms with Crippen molar-refractivity contribution in [2.24, 2.45) is 5.10 Å². The van der Waals surface area contributed by atoms with Gasteiger partial charge in [0.05, 0.1) is 29.9 Å². The SMILES string of the molecule is COC(=O)N/N=C/c1cc2c(cc1[N+](=O)[O-])OCO2. The van der Waals surface area contributed by atoms with Crippen molar-refractivity contribution >= 4 is 18.0 Å². The van der Waals surface area contributed by atoms with Gasteiger partial charge in [-0.1, -0.05) is 0 Å². The van der Waals surface area contributed by atoms with Gasteiger partial charge in [-0.2, -0.15) is 5.10 Å². The number of methoxy groups -OCH3 is 1. The molecule has 0 aliphatic carbocycles. The van der Waals surface area contributed by atoms with Crippen LogP contribution in [0.4, 0.5) is 10.5 Å². The fourth-order valence-corrected chi connectivity index (χ4v) is 1.41. The van der Waals surface area contributed by atoms with Crippen LogP contribution in [0.3, 0.4) is 0 Å². The maximum absolute atomic E-state index is 10.9. The van der Waals surface area contributed by atoms with Crippen molar-refractivity contribution in [2.75, 3.05) is 13.9 Å². The summed E-state index contributed by atoms with van der Waals surface area (Å²) in [5, 5.41) is 14.4. The van der Waals surface area contributed by atoms with Crippen molar-refractivity contribution in [3.05, 3.63) is 27.8 Å². The van der Waals surface area contributed by atoms with Crippen LogP contribution in [0.2, 0.25) is 0 Å². The number of hydrogen-bond acceptors (Lipinski definition) is 7. The number of ether oxygens (including phenoxy) is 3. The largest absolute Gasteiger partial charge is 0.454 e. The van der Waals surface area contributed by atoms with Crippen LogP contribution >= 0.6 is 0 Å². The van der Waals surface area contributed by atoms with Crippen LogP contribution in [0, 0.1) is 10.1 Å². The van der Waals surface area contributed by atoms with Crippen LogP contribution in [0.5, 0.6) is 11.5 Å². The number of hydrogen-bond donors (Lipinski definition) is 1. The van der Waals surface area contributed by atoms with Gasteiger partial charge in [-0.25, -0.2) is 10.2 Å². The number of carbonyl (C=O) groups is 1. The van der Waals surface area contributed by atoms with E-state index in [0.29, 0.717) is 11.5 Å². The first-order chi connectivity index (χ1) is 9.11.